The molecule has 3 rings (SSSR count). The minimum absolute atomic E-state index is 0.0333. The van der Waals surface area contributed by atoms with Gasteiger partial charge in [-0.1, -0.05) is 39.0 Å². The SMILES string of the molecule is CCOc1ccc2nc(NC(=O)C3C(C)(C)C3(C)C)sc2c1. The largest absolute Gasteiger partial charge is 0.494 e. The molecule has 1 heterocycles. The maximum absolute atomic E-state index is 12.5. The van der Waals surface area contributed by atoms with E-state index in [9.17, 15) is 4.79 Å². The Hall–Kier alpha value is -1.62. The van der Waals surface area contributed by atoms with Crippen molar-refractivity contribution in [2.24, 2.45) is 16.7 Å². The second-order valence-corrected chi connectivity index (χ2v) is 7.98. The quantitative estimate of drug-likeness (QED) is 0.913. The number of hydrogen-bond donors (Lipinski definition) is 1. The van der Waals surface area contributed by atoms with Gasteiger partial charge in [-0.15, -0.1) is 0 Å². The zero-order valence-corrected chi connectivity index (χ0v) is 14.5. The zero-order valence-electron chi connectivity index (χ0n) is 13.7. The summed E-state index contributed by atoms with van der Waals surface area (Å²) < 4.78 is 6.52. The monoisotopic (exact) mass is 318 g/mol. The predicted molar refractivity (Wildman–Crippen MR) is 90.5 cm³/mol. The highest BCUT2D eigenvalue weighted by atomic mass is 32.1. The molecule has 0 aliphatic heterocycles. The lowest BCUT2D eigenvalue weighted by atomic mass is 10.0. The maximum atomic E-state index is 12.5. The van der Waals surface area contributed by atoms with Gasteiger partial charge in [0.1, 0.15) is 5.75 Å². The van der Waals surface area contributed by atoms with Gasteiger partial charge >= 0.3 is 0 Å². The van der Waals surface area contributed by atoms with Crippen LogP contribution in [0.1, 0.15) is 34.6 Å². The van der Waals surface area contributed by atoms with E-state index in [0.717, 1.165) is 16.0 Å². The Balaban J connectivity index is 1.79. The third-order valence-corrected chi connectivity index (χ3v) is 6.12. The number of fused-ring (bicyclic) bond motifs is 1. The van der Waals surface area contributed by atoms with Crippen LogP contribution in [0.5, 0.6) is 5.75 Å². The Bertz CT molecular complexity index is 719. The van der Waals surface area contributed by atoms with Crippen LogP contribution in [0.25, 0.3) is 10.2 Å². The normalized spacial score (nSPS) is 19.1. The summed E-state index contributed by atoms with van der Waals surface area (Å²) in [4.78, 5) is 17.0. The van der Waals surface area contributed by atoms with E-state index in [1.807, 2.05) is 25.1 Å². The van der Waals surface area contributed by atoms with Gasteiger partial charge in [0, 0.05) is 5.92 Å². The summed E-state index contributed by atoms with van der Waals surface area (Å²) >= 11 is 1.49. The lowest BCUT2D eigenvalue weighted by Gasteiger charge is -2.03. The minimum atomic E-state index is 0.0333. The Kier molecular flexibility index (Phi) is 3.44. The molecule has 1 saturated carbocycles. The van der Waals surface area contributed by atoms with Crippen LogP contribution < -0.4 is 10.1 Å². The first kappa shape index (κ1) is 15.3. The Morgan fingerprint density at radius 3 is 2.59 bits per heavy atom. The molecule has 0 radical (unpaired) electrons. The van der Waals surface area contributed by atoms with Gasteiger partial charge in [-0.05, 0) is 36.0 Å². The number of hydrogen-bond acceptors (Lipinski definition) is 4. The summed E-state index contributed by atoms with van der Waals surface area (Å²) in [6.07, 6.45) is 0. The molecule has 0 saturated heterocycles. The van der Waals surface area contributed by atoms with Crippen molar-refractivity contribution in [1.82, 2.24) is 4.98 Å². The first-order valence-electron chi connectivity index (χ1n) is 7.61. The molecule has 4 nitrogen and oxygen atoms in total. The molecule has 2 aromatic rings. The molecule has 0 spiro atoms. The summed E-state index contributed by atoms with van der Waals surface area (Å²) in [6, 6.07) is 5.80. The second-order valence-electron chi connectivity index (χ2n) is 6.95. The van der Waals surface area contributed by atoms with Crippen LogP contribution >= 0.6 is 11.3 Å². The van der Waals surface area contributed by atoms with Gasteiger partial charge in [-0.3, -0.25) is 4.79 Å². The van der Waals surface area contributed by atoms with E-state index in [-0.39, 0.29) is 22.7 Å². The van der Waals surface area contributed by atoms with Crippen molar-refractivity contribution in [2.75, 3.05) is 11.9 Å². The number of carbonyl (C=O) groups excluding carboxylic acids is 1. The van der Waals surface area contributed by atoms with Gasteiger partial charge in [0.15, 0.2) is 5.13 Å². The topological polar surface area (TPSA) is 51.2 Å². The fourth-order valence-electron chi connectivity index (χ4n) is 3.24. The van der Waals surface area contributed by atoms with Crippen LogP contribution in [0.4, 0.5) is 5.13 Å². The molecule has 0 bridgehead atoms. The van der Waals surface area contributed by atoms with Gasteiger partial charge in [0.25, 0.3) is 0 Å². The molecule has 0 atom stereocenters. The highest BCUT2D eigenvalue weighted by Crippen LogP contribution is 2.68. The average Bonchev–Trinajstić information content (AvgIpc) is 2.71. The number of carbonyl (C=O) groups is 1. The molecule has 5 heteroatoms. The fourth-order valence-corrected chi connectivity index (χ4v) is 4.14. The van der Waals surface area contributed by atoms with E-state index in [4.69, 9.17) is 4.74 Å². The van der Waals surface area contributed by atoms with E-state index in [2.05, 4.69) is 38.0 Å². The van der Waals surface area contributed by atoms with Gasteiger partial charge in [-0.2, -0.15) is 0 Å². The van der Waals surface area contributed by atoms with Gasteiger partial charge < -0.3 is 10.1 Å². The smallest absolute Gasteiger partial charge is 0.230 e. The van der Waals surface area contributed by atoms with Gasteiger partial charge in [0.2, 0.25) is 5.91 Å². The first-order valence-corrected chi connectivity index (χ1v) is 8.43. The van der Waals surface area contributed by atoms with Crippen molar-refractivity contribution in [3.63, 3.8) is 0 Å². The van der Waals surface area contributed by atoms with Crippen molar-refractivity contribution >= 4 is 32.6 Å². The minimum Gasteiger partial charge on any atom is -0.494 e. The number of aromatic nitrogens is 1. The molecule has 0 unspecified atom stereocenters. The van der Waals surface area contributed by atoms with Crippen molar-refractivity contribution in [2.45, 2.75) is 34.6 Å². The molecule has 1 N–H and O–H groups in total. The summed E-state index contributed by atoms with van der Waals surface area (Å²) in [5.41, 5.74) is 0.962. The van der Waals surface area contributed by atoms with E-state index in [1.165, 1.54) is 11.3 Å². The van der Waals surface area contributed by atoms with Crippen LogP contribution in [0.15, 0.2) is 18.2 Å². The summed E-state index contributed by atoms with van der Waals surface area (Å²) in [5.74, 6) is 0.936. The Morgan fingerprint density at radius 1 is 1.32 bits per heavy atom. The van der Waals surface area contributed by atoms with E-state index < -0.39 is 0 Å². The molecule has 1 aromatic heterocycles. The van der Waals surface area contributed by atoms with Crippen LogP contribution in [0, 0.1) is 16.7 Å². The van der Waals surface area contributed by atoms with Crippen LogP contribution in [-0.2, 0) is 4.79 Å². The number of anilines is 1. The predicted octanol–water partition coefficient (Wildman–Crippen LogP) is 4.32. The van der Waals surface area contributed by atoms with Crippen molar-refractivity contribution in [1.29, 1.82) is 0 Å². The Morgan fingerprint density at radius 2 is 2.00 bits per heavy atom. The number of ether oxygens (including phenoxy) is 1. The number of nitrogens with one attached hydrogen (secondary N) is 1. The molecule has 1 amide bonds. The molecule has 1 aliphatic carbocycles. The number of rotatable bonds is 4. The van der Waals surface area contributed by atoms with E-state index in [0.29, 0.717) is 11.7 Å². The second kappa shape index (κ2) is 4.95. The molecular formula is C17H22N2O2S. The Labute approximate surface area is 134 Å². The van der Waals surface area contributed by atoms with E-state index >= 15 is 0 Å². The standard InChI is InChI=1S/C17H22N2O2S/c1-6-21-10-7-8-11-12(9-10)22-15(18-11)19-14(20)13-16(2,3)17(13,4)5/h7-9,13H,6H2,1-5H3,(H,18,19,20). The molecular weight excluding hydrogens is 296 g/mol. The van der Waals surface area contributed by atoms with Gasteiger partial charge in [0.05, 0.1) is 16.8 Å². The van der Waals surface area contributed by atoms with Gasteiger partial charge in [-0.25, -0.2) is 4.98 Å². The fraction of sp³-hybridized carbons (Fsp3) is 0.529. The van der Waals surface area contributed by atoms with Crippen LogP contribution in [-0.4, -0.2) is 17.5 Å². The number of nitrogens with zero attached hydrogens (tertiary/aromatic N) is 1. The van der Waals surface area contributed by atoms with Crippen LogP contribution in [0.3, 0.4) is 0 Å². The zero-order chi connectivity index (χ0) is 16.1. The number of benzene rings is 1. The van der Waals surface area contributed by atoms with Crippen molar-refractivity contribution in [3.05, 3.63) is 18.2 Å². The third-order valence-electron chi connectivity index (χ3n) is 5.18. The summed E-state index contributed by atoms with van der Waals surface area (Å²) in [7, 11) is 0. The molecule has 118 valence electrons. The molecule has 1 fully saturated rings. The number of amides is 1. The molecule has 1 aromatic carbocycles. The van der Waals surface area contributed by atoms with Crippen molar-refractivity contribution < 1.29 is 9.53 Å². The first-order chi connectivity index (χ1) is 10.3. The van der Waals surface area contributed by atoms with E-state index in [1.54, 1.807) is 0 Å². The lowest BCUT2D eigenvalue weighted by Crippen LogP contribution is -2.17. The molecule has 1 aliphatic rings. The molecule has 22 heavy (non-hydrogen) atoms. The van der Waals surface area contributed by atoms with Crippen LogP contribution in [0.2, 0.25) is 0 Å². The summed E-state index contributed by atoms with van der Waals surface area (Å²) in [6.45, 7) is 11.2. The average molecular weight is 318 g/mol. The number of thiazole rings is 1. The lowest BCUT2D eigenvalue weighted by molar-refractivity contribution is -0.118. The highest BCUT2D eigenvalue weighted by Gasteiger charge is 2.68. The van der Waals surface area contributed by atoms with Crippen molar-refractivity contribution in [3.8, 4) is 5.75 Å². The summed E-state index contributed by atoms with van der Waals surface area (Å²) in [5, 5.41) is 3.64. The third kappa shape index (κ3) is 2.28. The highest BCUT2D eigenvalue weighted by molar-refractivity contribution is 7.22. The maximum Gasteiger partial charge on any atom is 0.230 e.